The van der Waals surface area contributed by atoms with E-state index >= 15 is 0 Å². The Labute approximate surface area is 99.6 Å². The van der Waals surface area contributed by atoms with E-state index in [1.54, 1.807) is 17.8 Å². The van der Waals surface area contributed by atoms with Crippen molar-refractivity contribution >= 4 is 16.0 Å². The number of aromatic nitrogens is 1. The quantitative estimate of drug-likeness (QED) is 0.720. The molecule has 0 aliphatic carbocycles. The summed E-state index contributed by atoms with van der Waals surface area (Å²) >= 11 is 0. The van der Waals surface area contributed by atoms with Gasteiger partial charge in [-0.25, -0.2) is 8.42 Å². The van der Waals surface area contributed by atoms with Crippen LogP contribution in [-0.2, 0) is 21.9 Å². The number of carbonyl (C=O) groups is 1. The van der Waals surface area contributed by atoms with Crippen molar-refractivity contribution in [2.45, 2.75) is 17.4 Å². The molecule has 17 heavy (non-hydrogen) atoms. The lowest BCUT2D eigenvalue weighted by Crippen LogP contribution is -2.40. The molecule has 2 N–H and O–H groups in total. The molecule has 0 aliphatic heterocycles. The highest BCUT2D eigenvalue weighted by atomic mass is 32.2. The number of rotatable bonds is 6. The average molecular weight is 258 g/mol. The Hall–Kier alpha value is -1.60. The zero-order valence-corrected chi connectivity index (χ0v) is 10.1. The standard InChI is InChI=1S/C10H14N2O4S/c1-3-4-9(10(13)14)11-17(15,16)8-5-6-12(2)7-8/h3,5-7,9,11H,1,4H2,2H3,(H,13,14). The molecular formula is C10H14N2O4S. The van der Waals surface area contributed by atoms with Crippen LogP contribution in [0.4, 0.5) is 0 Å². The molecule has 0 saturated heterocycles. The van der Waals surface area contributed by atoms with Crippen molar-refractivity contribution in [3.63, 3.8) is 0 Å². The van der Waals surface area contributed by atoms with Gasteiger partial charge in [0.25, 0.3) is 0 Å². The molecule has 0 aromatic carbocycles. The fraction of sp³-hybridized carbons (Fsp3) is 0.300. The number of nitrogens with one attached hydrogen (secondary N) is 1. The van der Waals surface area contributed by atoms with E-state index in [1.807, 2.05) is 0 Å². The van der Waals surface area contributed by atoms with Crippen LogP contribution in [0.15, 0.2) is 36.0 Å². The molecule has 0 radical (unpaired) electrons. The van der Waals surface area contributed by atoms with Gasteiger partial charge in [0.2, 0.25) is 10.0 Å². The smallest absolute Gasteiger partial charge is 0.322 e. The molecule has 0 spiro atoms. The van der Waals surface area contributed by atoms with Gasteiger partial charge in [-0.2, -0.15) is 4.72 Å². The van der Waals surface area contributed by atoms with Crippen LogP contribution < -0.4 is 4.72 Å². The third-order valence-corrected chi connectivity index (χ3v) is 3.57. The monoisotopic (exact) mass is 258 g/mol. The molecule has 1 heterocycles. The van der Waals surface area contributed by atoms with E-state index in [2.05, 4.69) is 11.3 Å². The van der Waals surface area contributed by atoms with Crippen LogP contribution in [0.25, 0.3) is 0 Å². The van der Waals surface area contributed by atoms with Crippen molar-refractivity contribution in [1.29, 1.82) is 0 Å². The molecule has 0 fully saturated rings. The predicted molar refractivity (Wildman–Crippen MR) is 62.0 cm³/mol. The van der Waals surface area contributed by atoms with Crippen molar-refractivity contribution in [2.24, 2.45) is 7.05 Å². The minimum Gasteiger partial charge on any atom is -0.480 e. The lowest BCUT2D eigenvalue weighted by molar-refractivity contribution is -0.138. The van der Waals surface area contributed by atoms with Crippen molar-refractivity contribution < 1.29 is 18.3 Å². The Kier molecular flexibility index (Phi) is 4.08. The van der Waals surface area contributed by atoms with E-state index in [-0.39, 0.29) is 11.3 Å². The van der Waals surface area contributed by atoms with Crippen LogP contribution in [-0.4, -0.2) is 30.1 Å². The van der Waals surface area contributed by atoms with Gasteiger partial charge < -0.3 is 9.67 Å². The number of nitrogens with zero attached hydrogens (tertiary/aromatic N) is 1. The molecule has 0 aliphatic rings. The maximum atomic E-state index is 11.8. The first-order chi connectivity index (χ1) is 7.86. The fourth-order valence-corrected chi connectivity index (χ4v) is 2.51. The van der Waals surface area contributed by atoms with Crippen molar-refractivity contribution in [3.05, 3.63) is 31.1 Å². The molecule has 0 bridgehead atoms. The van der Waals surface area contributed by atoms with Gasteiger partial charge in [0.05, 0.1) is 4.90 Å². The summed E-state index contributed by atoms with van der Waals surface area (Å²) in [7, 11) is -2.13. The third kappa shape index (κ3) is 3.43. The maximum Gasteiger partial charge on any atom is 0.322 e. The van der Waals surface area contributed by atoms with Gasteiger partial charge in [0, 0.05) is 19.4 Å². The van der Waals surface area contributed by atoms with E-state index in [9.17, 15) is 13.2 Å². The maximum absolute atomic E-state index is 11.8. The van der Waals surface area contributed by atoms with Crippen LogP contribution >= 0.6 is 0 Å². The molecule has 1 rings (SSSR count). The normalized spacial score (nSPS) is 13.2. The molecular weight excluding hydrogens is 244 g/mol. The van der Waals surface area contributed by atoms with Gasteiger partial charge in [-0.3, -0.25) is 4.79 Å². The van der Waals surface area contributed by atoms with Crippen molar-refractivity contribution in [3.8, 4) is 0 Å². The van der Waals surface area contributed by atoms with Gasteiger partial charge in [-0.05, 0) is 12.5 Å². The minimum absolute atomic E-state index is 0.0292. The number of carboxylic acid groups (broad SMARTS) is 1. The highest BCUT2D eigenvalue weighted by Crippen LogP contribution is 2.10. The Morgan fingerprint density at radius 1 is 1.71 bits per heavy atom. The lowest BCUT2D eigenvalue weighted by atomic mass is 10.2. The summed E-state index contributed by atoms with van der Waals surface area (Å²) in [5.74, 6) is -1.23. The van der Waals surface area contributed by atoms with Crippen LogP contribution in [0.1, 0.15) is 6.42 Å². The Morgan fingerprint density at radius 2 is 2.35 bits per heavy atom. The molecule has 0 amide bonds. The summed E-state index contributed by atoms with van der Waals surface area (Å²) in [6, 6.07) is 0.201. The first-order valence-electron chi connectivity index (χ1n) is 4.85. The van der Waals surface area contributed by atoms with Gasteiger partial charge in [0.1, 0.15) is 6.04 Å². The van der Waals surface area contributed by atoms with Gasteiger partial charge in [0.15, 0.2) is 0 Å². The molecule has 1 aromatic heterocycles. The summed E-state index contributed by atoms with van der Waals surface area (Å²) in [6.45, 7) is 3.39. The lowest BCUT2D eigenvalue weighted by Gasteiger charge is -2.11. The Morgan fingerprint density at radius 3 is 2.76 bits per heavy atom. The molecule has 0 saturated carbocycles. The van der Waals surface area contributed by atoms with E-state index < -0.39 is 22.0 Å². The van der Waals surface area contributed by atoms with Crippen molar-refractivity contribution in [1.82, 2.24) is 9.29 Å². The second kappa shape index (κ2) is 5.15. The first-order valence-corrected chi connectivity index (χ1v) is 6.33. The summed E-state index contributed by atoms with van der Waals surface area (Å²) in [5, 5.41) is 8.84. The highest BCUT2D eigenvalue weighted by Gasteiger charge is 2.24. The van der Waals surface area contributed by atoms with E-state index in [1.165, 1.54) is 18.3 Å². The van der Waals surface area contributed by atoms with Gasteiger partial charge in [-0.1, -0.05) is 6.08 Å². The SMILES string of the molecule is C=CCC(NS(=O)(=O)c1ccn(C)c1)C(=O)O. The topological polar surface area (TPSA) is 88.4 Å². The average Bonchev–Trinajstić information content (AvgIpc) is 2.64. The summed E-state index contributed by atoms with van der Waals surface area (Å²) < 4.78 is 27.3. The van der Waals surface area contributed by atoms with Crippen LogP contribution in [0.2, 0.25) is 0 Å². The van der Waals surface area contributed by atoms with Crippen LogP contribution in [0, 0.1) is 0 Å². The minimum atomic E-state index is -3.81. The second-order valence-corrected chi connectivity index (χ2v) is 5.26. The molecule has 1 atom stereocenters. The van der Waals surface area contributed by atoms with E-state index in [4.69, 9.17) is 5.11 Å². The first kappa shape index (κ1) is 13.5. The molecule has 6 nitrogen and oxygen atoms in total. The summed E-state index contributed by atoms with van der Waals surface area (Å²) in [4.78, 5) is 10.9. The van der Waals surface area contributed by atoms with Crippen LogP contribution in [0.3, 0.4) is 0 Å². The Balaban J connectivity index is 2.92. The zero-order valence-electron chi connectivity index (χ0n) is 9.33. The molecule has 1 aromatic rings. The second-order valence-electron chi connectivity index (χ2n) is 3.55. The number of hydrogen-bond acceptors (Lipinski definition) is 3. The number of sulfonamides is 1. The molecule has 1 unspecified atom stereocenters. The van der Waals surface area contributed by atoms with E-state index in [0.29, 0.717) is 0 Å². The third-order valence-electron chi connectivity index (χ3n) is 2.11. The van der Waals surface area contributed by atoms with Crippen LogP contribution in [0.5, 0.6) is 0 Å². The highest BCUT2D eigenvalue weighted by molar-refractivity contribution is 7.89. The number of aryl methyl sites for hydroxylation is 1. The zero-order chi connectivity index (χ0) is 13.1. The van der Waals surface area contributed by atoms with Crippen molar-refractivity contribution in [2.75, 3.05) is 0 Å². The largest absolute Gasteiger partial charge is 0.480 e. The summed E-state index contributed by atoms with van der Waals surface area (Å²) in [5.41, 5.74) is 0. The predicted octanol–water partition coefficient (Wildman–Crippen LogP) is 0.333. The van der Waals surface area contributed by atoms with Gasteiger partial charge in [-0.15, -0.1) is 6.58 Å². The number of aliphatic carboxylic acids is 1. The van der Waals surface area contributed by atoms with E-state index in [0.717, 1.165) is 0 Å². The summed E-state index contributed by atoms with van der Waals surface area (Å²) in [6.07, 6.45) is 4.35. The number of carboxylic acids is 1. The molecule has 7 heteroatoms. The van der Waals surface area contributed by atoms with Gasteiger partial charge >= 0.3 is 5.97 Å². The molecule has 94 valence electrons. The fourth-order valence-electron chi connectivity index (χ4n) is 1.26. The number of hydrogen-bond donors (Lipinski definition) is 2. The Bertz CT molecular complexity index is 518.